The van der Waals surface area contributed by atoms with Gasteiger partial charge in [0.25, 0.3) is 0 Å². The molecule has 2 rings (SSSR count). The van der Waals surface area contributed by atoms with E-state index in [-0.39, 0.29) is 18.0 Å². The van der Waals surface area contributed by atoms with Gasteiger partial charge in [-0.1, -0.05) is 41.9 Å². The molecule has 0 fully saturated rings. The minimum atomic E-state index is -0.374. The summed E-state index contributed by atoms with van der Waals surface area (Å²) in [5.74, 6) is 0.403. The average molecular weight is 333 g/mol. The molecule has 0 spiro atoms. The third kappa shape index (κ3) is 4.98. The minimum Gasteiger partial charge on any atom is -0.489 e. The van der Waals surface area contributed by atoms with Crippen LogP contribution in [0.15, 0.2) is 48.5 Å². The smallest absolute Gasteiger partial charge is 0.234 e. The second kappa shape index (κ2) is 7.99. The fourth-order valence-electron chi connectivity index (χ4n) is 2.18. The quantitative estimate of drug-likeness (QED) is 0.816. The Bertz CT molecular complexity index is 658. The molecule has 2 atom stereocenters. The van der Waals surface area contributed by atoms with Crippen molar-refractivity contribution >= 4 is 17.5 Å². The van der Waals surface area contributed by atoms with Crippen molar-refractivity contribution < 1.29 is 9.53 Å². The van der Waals surface area contributed by atoms with Crippen LogP contribution >= 0.6 is 11.6 Å². The van der Waals surface area contributed by atoms with Crippen LogP contribution in [0.4, 0.5) is 0 Å². The first-order chi connectivity index (χ1) is 11.0. The van der Waals surface area contributed by atoms with Gasteiger partial charge >= 0.3 is 0 Å². The number of nitrogens with one attached hydrogen (secondary N) is 1. The second-order valence-electron chi connectivity index (χ2n) is 5.46. The Morgan fingerprint density at radius 1 is 1.17 bits per heavy atom. The molecule has 1 amide bonds. The summed E-state index contributed by atoms with van der Waals surface area (Å²) in [5, 5.41) is 3.84. The van der Waals surface area contributed by atoms with Crippen molar-refractivity contribution in [2.45, 2.75) is 32.5 Å². The van der Waals surface area contributed by atoms with Crippen molar-refractivity contribution in [2.24, 2.45) is 5.73 Å². The van der Waals surface area contributed by atoms with Crippen LogP contribution in [0.25, 0.3) is 0 Å². The molecule has 0 saturated heterocycles. The SMILES string of the molecule is CC(NC(C)c1ccc(OCc2ccccc2Cl)cc1)C(N)=O. The van der Waals surface area contributed by atoms with Gasteiger partial charge in [0.2, 0.25) is 5.91 Å². The van der Waals surface area contributed by atoms with Gasteiger partial charge in [-0.05, 0) is 37.6 Å². The summed E-state index contributed by atoms with van der Waals surface area (Å²) in [6.07, 6.45) is 0. The summed E-state index contributed by atoms with van der Waals surface area (Å²) in [4.78, 5) is 11.1. The molecule has 4 nitrogen and oxygen atoms in total. The van der Waals surface area contributed by atoms with Crippen LogP contribution in [-0.2, 0) is 11.4 Å². The number of carbonyl (C=O) groups is 1. The number of primary amides is 1. The van der Waals surface area contributed by atoms with Crippen LogP contribution in [0.5, 0.6) is 5.75 Å². The maximum atomic E-state index is 11.1. The normalized spacial score (nSPS) is 13.3. The summed E-state index contributed by atoms with van der Waals surface area (Å²) in [7, 11) is 0. The number of nitrogens with two attached hydrogens (primary N) is 1. The number of amides is 1. The molecule has 0 bridgehead atoms. The monoisotopic (exact) mass is 332 g/mol. The maximum absolute atomic E-state index is 11.1. The van der Waals surface area contributed by atoms with Gasteiger partial charge in [0.15, 0.2) is 0 Å². The molecule has 0 aliphatic heterocycles. The van der Waals surface area contributed by atoms with E-state index in [0.29, 0.717) is 11.6 Å². The molecule has 2 unspecified atom stereocenters. The van der Waals surface area contributed by atoms with Crippen LogP contribution in [0.1, 0.15) is 31.0 Å². The van der Waals surface area contributed by atoms with Gasteiger partial charge in [0.1, 0.15) is 12.4 Å². The standard InChI is InChI=1S/C18H21ClN2O2/c1-12(21-13(2)18(20)22)14-7-9-16(10-8-14)23-11-15-5-3-4-6-17(15)19/h3-10,12-13,21H,11H2,1-2H3,(H2,20,22). The molecule has 2 aromatic carbocycles. The van der Waals surface area contributed by atoms with Crippen molar-refractivity contribution in [1.82, 2.24) is 5.32 Å². The summed E-state index contributed by atoms with van der Waals surface area (Å²) in [5.41, 5.74) is 7.27. The zero-order valence-electron chi connectivity index (χ0n) is 13.3. The fourth-order valence-corrected chi connectivity index (χ4v) is 2.37. The van der Waals surface area contributed by atoms with Gasteiger partial charge in [-0.15, -0.1) is 0 Å². The first-order valence-electron chi connectivity index (χ1n) is 7.49. The fraction of sp³-hybridized carbons (Fsp3) is 0.278. The summed E-state index contributed by atoms with van der Waals surface area (Å²) in [6.45, 7) is 4.16. The van der Waals surface area contributed by atoms with E-state index in [4.69, 9.17) is 22.1 Å². The van der Waals surface area contributed by atoms with E-state index in [2.05, 4.69) is 5.32 Å². The number of benzene rings is 2. The molecule has 0 aliphatic rings. The number of carbonyl (C=O) groups excluding carboxylic acids is 1. The molecule has 2 aromatic rings. The van der Waals surface area contributed by atoms with Crippen LogP contribution in [0.2, 0.25) is 5.02 Å². The number of halogens is 1. The molecular weight excluding hydrogens is 312 g/mol. The molecule has 0 heterocycles. The van der Waals surface area contributed by atoms with Gasteiger partial charge in [-0.25, -0.2) is 0 Å². The lowest BCUT2D eigenvalue weighted by atomic mass is 10.1. The first kappa shape index (κ1) is 17.3. The summed E-state index contributed by atoms with van der Waals surface area (Å²) in [6, 6.07) is 15.0. The molecule has 122 valence electrons. The molecule has 0 aromatic heterocycles. The van der Waals surface area contributed by atoms with Gasteiger partial charge in [0, 0.05) is 16.6 Å². The lowest BCUT2D eigenvalue weighted by molar-refractivity contribution is -0.119. The van der Waals surface area contributed by atoms with Gasteiger partial charge < -0.3 is 10.5 Å². The summed E-state index contributed by atoms with van der Waals surface area (Å²) < 4.78 is 5.75. The Morgan fingerprint density at radius 2 is 1.83 bits per heavy atom. The zero-order chi connectivity index (χ0) is 16.8. The van der Waals surface area contributed by atoms with E-state index in [1.807, 2.05) is 55.5 Å². The first-order valence-corrected chi connectivity index (χ1v) is 7.86. The predicted octanol–water partition coefficient (Wildman–Crippen LogP) is 3.44. The van der Waals surface area contributed by atoms with E-state index < -0.39 is 0 Å². The topological polar surface area (TPSA) is 64.3 Å². The van der Waals surface area contributed by atoms with E-state index in [0.717, 1.165) is 16.9 Å². The molecule has 23 heavy (non-hydrogen) atoms. The van der Waals surface area contributed by atoms with Crippen LogP contribution < -0.4 is 15.8 Å². The molecule has 5 heteroatoms. The number of rotatable bonds is 7. The third-order valence-electron chi connectivity index (χ3n) is 3.66. The number of hydrogen-bond donors (Lipinski definition) is 2. The van der Waals surface area contributed by atoms with E-state index in [1.165, 1.54) is 0 Å². The van der Waals surface area contributed by atoms with Crippen LogP contribution in [0, 0.1) is 0 Å². The highest BCUT2D eigenvalue weighted by Gasteiger charge is 2.13. The highest BCUT2D eigenvalue weighted by molar-refractivity contribution is 6.31. The Balaban J connectivity index is 1.94. The molecule has 3 N–H and O–H groups in total. The van der Waals surface area contributed by atoms with Crippen molar-refractivity contribution in [3.8, 4) is 5.75 Å². The molecule has 0 saturated carbocycles. The third-order valence-corrected chi connectivity index (χ3v) is 4.03. The Kier molecular flexibility index (Phi) is 6.02. The number of ether oxygens (including phenoxy) is 1. The zero-order valence-corrected chi connectivity index (χ0v) is 14.0. The Labute approximate surface area is 141 Å². The van der Waals surface area contributed by atoms with Gasteiger partial charge in [0.05, 0.1) is 6.04 Å². The van der Waals surface area contributed by atoms with Crippen LogP contribution in [-0.4, -0.2) is 11.9 Å². The van der Waals surface area contributed by atoms with Crippen molar-refractivity contribution in [3.05, 3.63) is 64.7 Å². The minimum absolute atomic E-state index is 0.0233. The van der Waals surface area contributed by atoms with Crippen LogP contribution in [0.3, 0.4) is 0 Å². The lowest BCUT2D eigenvalue weighted by Gasteiger charge is -2.18. The largest absolute Gasteiger partial charge is 0.489 e. The van der Waals surface area contributed by atoms with Gasteiger partial charge in [-0.3, -0.25) is 10.1 Å². The average Bonchev–Trinajstić information content (AvgIpc) is 2.54. The summed E-state index contributed by atoms with van der Waals surface area (Å²) >= 11 is 6.11. The van der Waals surface area contributed by atoms with E-state index in [9.17, 15) is 4.79 Å². The molecular formula is C18H21ClN2O2. The van der Waals surface area contributed by atoms with Crippen molar-refractivity contribution in [1.29, 1.82) is 0 Å². The highest BCUT2D eigenvalue weighted by atomic mass is 35.5. The van der Waals surface area contributed by atoms with Gasteiger partial charge in [-0.2, -0.15) is 0 Å². The molecule has 0 aliphatic carbocycles. The second-order valence-corrected chi connectivity index (χ2v) is 5.87. The maximum Gasteiger partial charge on any atom is 0.234 e. The number of hydrogen-bond acceptors (Lipinski definition) is 3. The highest BCUT2D eigenvalue weighted by Crippen LogP contribution is 2.21. The Hall–Kier alpha value is -2.04. The molecule has 0 radical (unpaired) electrons. The Morgan fingerprint density at radius 3 is 2.43 bits per heavy atom. The predicted molar refractivity (Wildman–Crippen MR) is 92.4 cm³/mol. The van der Waals surface area contributed by atoms with E-state index >= 15 is 0 Å². The van der Waals surface area contributed by atoms with Crippen molar-refractivity contribution in [2.75, 3.05) is 0 Å². The van der Waals surface area contributed by atoms with Crippen molar-refractivity contribution in [3.63, 3.8) is 0 Å². The lowest BCUT2D eigenvalue weighted by Crippen LogP contribution is -2.39. The van der Waals surface area contributed by atoms with E-state index in [1.54, 1.807) is 6.92 Å².